The molecule has 0 aliphatic heterocycles. The summed E-state index contributed by atoms with van der Waals surface area (Å²) in [5, 5.41) is 7.72. The average molecular weight is 230 g/mol. The molecule has 1 heterocycles. The summed E-state index contributed by atoms with van der Waals surface area (Å²) in [5.41, 5.74) is 7.72. The van der Waals surface area contributed by atoms with Crippen molar-refractivity contribution in [3.8, 4) is 0 Å². The Bertz CT molecular complexity index is 436. The van der Waals surface area contributed by atoms with Crippen molar-refractivity contribution < 1.29 is 0 Å². The van der Waals surface area contributed by atoms with Gasteiger partial charge >= 0.3 is 0 Å². The molecule has 4 heteroatoms. The molecule has 0 saturated carbocycles. The van der Waals surface area contributed by atoms with E-state index in [1.165, 1.54) is 5.56 Å². The van der Waals surface area contributed by atoms with Gasteiger partial charge in [-0.25, -0.2) is 0 Å². The normalized spacial score (nSPS) is 10.6. The van der Waals surface area contributed by atoms with Crippen molar-refractivity contribution in [2.45, 2.75) is 13.1 Å². The maximum absolute atomic E-state index is 5.41. The third-order valence-electron chi connectivity index (χ3n) is 2.51. The SMILES string of the molecule is NCCNCc1ccn(Cc2ccccc2)n1. The van der Waals surface area contributed by atoms with Crippen LogP contribution >= 0.6 is 0 Å². The smallest absolute Gasteiger partial charge is 0.0762 e. The van der Waals surface area contributed by atoms with Crippen LogP contribution in [0.3, 0.4) is 0 Å². The van der Waals surface area contributed by atoms with E-state index in [1.807, 2.05) is 35.1 Å². The second kappa shape index (κ2) is 6.18. The monoisotopic (exact) mass is 230 g/mol. The zero-order valence-electron chi connectivity index (χ0n) is 9.84. The summed E-state index contributed by atoms with van der Waals surface area (Å²) in [4.78, 5) is 0. The lowest BCUT2D eigenvalue weighted by Gasteiger charge is -2.02. The Morgan fingerprint density at radius 3 is 2.76 bits per heavy atom. The van der Waals surface area contributed by atoms with Crippen molar-refractivity contribution >= 4 is 0 Å². The molecule has 0 radical (unpaired) electrons. The Morgan fingerprint density at radius 2 is 2.00 bits per heavy atom. The van der Waals surface area contributed by atoms with Gasteiger partial charge in [-0.15, -0.1) is 0 Å². The topological polar surface area (TPSA) is 55.9 Å². The van der Waals surface area contributed by atoms with Gasteiger partial charge in [-0.1, -0.05) is 30.3 Å². The molecular weight excluding hydrogens is 212 g/mol. The van der Waals surface area contributed by atoms with Gasteiger partial charge in [0.2, 0.25) is 0 Å². The standard InChI is InChI=1S/C13H18N4/c14-7-8-15-10-13-6-9-17(16-13)11-12-4-2-1-3-5-12/h1-6,9,15H,7-8,10-11,14H2. The summed E-state index contributed by atoms with van der Waals surface area (Å²) in [6, 6.07) is 12.4. The number of nitrogens with two attached hydrogens (primary N) is 1. The van der Waals surface area contributed by atoms with E-state index < -0.39 is 0 Å². The fourth-order valence-electron chi connectivity index (χ4n) is 1.68. The van der Waals surface area contributed by atoms with Crippen molar-refractivity contribution in [1.82, 2.24) is 15.1 Å². The Balaban J connectivity index is 1.90. The third kappa shape index (κ3) is 3.69. The summed E-state index contributed by atoms with van der Waals surface area (Å²) >= 11 is 0. The molecule has 0 aliphatic carbocycles. The molecule has 2 rings (SSSR count). The van der Waals surface area contributed by atoms with E-state index >= 15 is 0 Å². The highest BCUT2D eigenvalue weighted by Crippen LogP contribution is 2.02. The van der Waals surface area contributed by atoms with Gasteiger partial charge in [0.1, 0.15) is 0 Å². The lowest BCUT2D eigenvalue weighted by molar-refractivity contribution is 0.636. The zero-order chi connectivity index (χ0) is 11.9. The predicted molar refractivity (Wildman–Crippen MR) is 68.5 cm³/mol. The first-order valence-electron chi connectivity index (χ1n) is 5.85. The van der Waals surface area contributed by atoms with Crippen LogP contribution in [0.5, 0.6) is 0 Å². The minimum Gasteiger partial charge on any atom is -0.329 e. The molecule has 2 aromatic rings. The lowest BCUT2D eigenvalue weighted by Crippen LogP contribution is -2.22. The van der Waals surface area contributed by atoms with Gasteiger partial charge in [0.25, 0.3) is 0 Å². The Kier molecular flexibility index (Phi) is 4.30. The van der Waals surface area contributed by atoms with Gasteiger partial charge in [0.15, 0.2) is 0 Å². The van der Waals surface area contributed by atoms with E-state index in [9.17, 15) is 0 Å². The van der Waals surface area contributed by atoms with Crippen LogP contribution in [0, 0.1) is 0 Å². The summed E-state index contributed by atoms with van der Waals surface area (Å²) in [5.74, 6) is 0. The maximum Gasteiger partial charge on any atom is 0.0762 e. The number of hydrogen-bond acceptors (Lipinski definition) is 3. The summed E-state index contributed by atoms with van der Waals surface area (Å²) in [6.07, 6.45) is 2.01. The van der Waals surface area contributed by atoms with E-state index in [2.05, 4.69) is 22.5 Å². The maximum atomic E-state index is 5.41. The molecule has 3 N–H and O–H groups in total. The number of aromatic nitrogens is 2. The van der Waals surface area contributed by atoms with Crippen molar-refractivity contribution in [3.05, 3.63) is 53.9 Å². The van der Waals surface area contributed by atoms with Gasteiger partial charge in [0, 0.05) is 25.8 Å². The molecule has 0 amide bonds. The Labute approximate surface area is 101 Å². The van der Waals surface area contributed by atoms with E-state index in [0.29, 0.717) is 6.54 Å². The van der Waals surface area contributed by atoms with Gasteiger partial charge in [-0.3, -0.25) is 4.68 Å². The lowest BCUT2D eigenvalue weighted by atomic mass is 10.2. The van der Waals surface area contributed by atoms with E-state index in [-0.39, 0.29) is 0 Å². The highest BCUT2D eigenvalue weighted by molar-refractivity contribution is 5.15. The number of hydrogen-bond donors (Lipinski definition) is 2. The largest absolute Gasteiger partial charge is 0.329 e. The quantitative estimate of drug-likeness (QED) is 0.727. The molecular formula is C13H18N4. The fraction of sp³-hybridized carbons (Fsp3) is 0.308. The van der Waals surface area contributed by atoms with Crippen LogP contribution in [0.4, 0.5) is 0 Å². The van der Waals surface area contributed by atoms with E-state index in [0.717, 1.165) is 25.3 Å². The van der Waals surface area contributed by atoms with Crippen molar-refractivity contribution in [2.24, 2.45) is 5.73 Å². The predicted octanol–water partition coefficient (Wildman–Crippen LogP) is 0.980. The van der Waals surface area contributed by atoms with Crippen molar-refractivity contribution in [3.63, 3.8) is 0 Å². The fourth-order valence-corrected chi connectivity index (χ4v) is 1.68. The molecule has 1 aromatic carbocycles. The second-order valence-corrected chi connectivity index (χ2v) is 3.96. The molecule has 90 valence electrons. The van der Waals surface area contributed by atoms with Crippen LogP contribution in [0.2, 0.25) is 0 Å². The highest BCUT2D eigenvalue weighted by atomic mass is 15.3. The zero-order valence-corrected chi connectivity index (χ0v) is 9.84. The van der Waals surface area contributed by atoms with Gasteiger partial charge < -0.3 is 11.1 Å². The summed E-state index contributed by atoms with van der Waals surface area (Å²) in [6.45, 7) is 3.08. The summed E-state index contributed by atoms with van der Waals surface area (Å²) < 4.78 is 1.95. The molecule has 4 nitrogen and oxygen atoms in total. The number of nitrogens with one attached hydrogen (secondary N) is 1. The molecule has 0 fully saturated rings. The van der Waals surface area contributed by atoms with E-state index in [1.54, 1.807) is 0 Å². The van der Waals surface area contributed by atoms with Crippen LogP contribution in [0.1, 0.15) is 11.3 Å². The van der Waals surface area contributed by atoms with Crippen LogP contribution in [-0.2, 0) is 13.1 Å². The Hall–Kier alpha value is -1.65. The molecule has 0 saturated heterocycles. The average Bonchev–Trinajstić information content (AvgIpc) is 2.79. The van der Waals surface area contributed by atoms with Crippen LogP contribution in [0.15, 0.2) is 42.6 Å². The van der Waals surface area contributed by atoms with Gasteiger partial charge in [-0.05, 0) is 11.6 Å². The van der Waals surface area contributed by atoms with Gasteiger partial charge in [-0.2, -0.15) is 5.10 Å². The molecule has 0 aliphatic rings. The molecule has 0 unspecified atom stereocenters. The minimum atomic E-state index is 0.657. The van der Waals surface area contributed by atoms with Crippen LogP contribution in [-0.4, -0.2) is 22.9 Å². The van der Waals surface area contributed by atoms with Crippen molar-refractivity contribution in [2.75, 3.05) is 13.1 Å². The first-order valence-corrected chi connectivity index (χ1v) is 5.85. The number of nitrogens with zero attached hydrogens (tertiary/aromatic N) is 2. The first kappa shape index (κ1) is 11.8. The molecule has 17 heavy (non-hydrogen) atoms. The highest BCUT2D eigenvalue weighted by Gasteiger charge is 1.99. The van der Waals surface area contributed by atoms with E-state index in [4.69, 9.17) is 5.73 Å². The Morgan fingerprint density at radius 1 is 1.18 bits per heavy atom. The molecule has 0 spiro atoms. The number of rotatable bonds is 6. The molecule has 1 aromatic heterocycles. The third-order valence-corrected chi connectivity index (χ3v) is 2.51. The number of benzene rings is 1. The van der Waals surface area contributed by atoms with Crippen molar-refractivity contribution in [1.29, 1.82) is 0 Å². The van der Waals surface area contributed by atoms with Crippen LogP contribution < -0.4 is 11.1 Å². The van der Waals surface area contributed by atoms with Crippen LogP contribution in [0.25, 0.3) is 0 Å². The first-order chi connectivity index (χ1) is 8.38. The molecule has 0 bridgehead atoms. The molecule has 0 atom stereocenters. The summed E-state index contributed by atoms with van der Waals surface area (Å²) in [7, 11) is 0. The van der Waals surface area contributed by atoms with Gasteiger partial charge in [0.05, 0.1) is 12.2 Å². The second-order valence-electron chi connectivity index (χ2n) is 3.96. The minimum absolute atomic E-state index is 0.657.